The van der Waals surface area contributed by atoms with Gasteiger partial charge in [-0.15, -0.1) is 4.91 Å². The van der Waals surface area contributed by atoms with Crippen LogP contribution in [0, 0.1) is 16.2 Å². The molecule has 3 heteroatoms. The highest BCUT2D eigenvalue weighted by Gasteiger charge is 1.97. The molecule has 0 aliphatic heterocycles. The first kappa shape index (κ1) is 8.39. The molecule has 2 aromatic rings. The molecule has 14 heavy (non-hydrogen) atoms. The number of hydrogen-bond acceptors (Lipinski definition) is 3. The van der Waals surface area contributed by atoms with Gasteiger partial charge in [-0.05, 0) is 40.2 Å². The number of benzene rings is 2. The molecule has 0 fully saturated rings. The van der Waals surface area contributed by atoms with Gasteiger partial charge in [-0.1, -0.05) is 12.1 Å². The Morgan fingerprint density at radius 1 is 1.07 bits per heavy atom. The molecule has 0 atom stereocenters. The van der Waals surface area contributed by atoms with Gasteiger partial charge in [-0.2, -0.15) is 5.26 Å². The molecule has 0 spiro atoms. The molecule has 0 amide bonds. The summed E-state index contributed by atoms with van der Waals surface area (Å²) in [6.45, 7) is 0. The highest BCUT2D eigenvalue weighted by atomic mass is 16.3. The SMILES string of the molecule is N#Cc1ccc2cc(N=O)ccc2c1. The Morgan fingerprint density at radius 2 is 1.79 bits per heavy atom. The van der Waals surface area contributed by atoms with Crippen molar-refractivity contribution in [1.82, 2.24) is 0 Å². The second-order valence-corrected chi connectivity index (χ2v) is 2.95. The normalized spacial score (nSPS) is 9.64. The van der Waals surface area contributed by atoms with E-state index in [9.17, 15) is 4.91 Å². The number of nitrogens with zero attached hydrogens (tertiary/aromatic N) is 2. The Morgan fingerprint density at radius 3 is 2.50 bits per heavy atom. The van der Waals surface area contributed by atoms with E-state index in [2.05, 4.69) is 11.2 Å². The summed E-state index contributed by atoms with van der Waals surface area (Å²) in [6, 6.07) is 12.5. The molecule has 0 aliphatic carbocycles. The van der Waals surface area contributed by atoms with E-state index in [-0.39, 0.29) is 0 Å². The van der Waals surface area contributed by atoms with Crippen LogP contribution in [0.25, 0.3) is 10.8 Å². The molecular weight excluding hydrogens is 176 g/mol. The predicted octanol–water partition coefficient (Wildman–Crippen LogP) is 3.11. The summed E-state index contributed by atoms with van der Waals surface area (Å²) < 4.78 is 0. The van der Waals surface area contributed by atoms with Crippen molar-refractivity contribution in [2.24, 2.45) is 5.18 Å². The van der Waals surface area contributed by atoms with Crippen molar-refractivity contribution in [2.75, 3.05) is 0 Å². The molecule has 0 aliphatic rings. The average Bonchev–Trinajstić information content (AvgIpc) is 2.27. The molecule has 66 valence electrons. The molecule has 2 aromatic carbocycles. The third-order valence-electron chi connectivity index (χ3n) is 2.06. The first-order chi connectivity index (χ1) is 6.83. The highest BCUT2D eigenvalue weighted by Crippen LogP contribution is 2.21. The Bertz CT molecular complexity index is 540. The summed E-state index contributed by atoms with van der Waals surface area (Å²) in [7, 11) is 0. The molecule has 0 N–H and O–H groups in total. The molecule has 0 saturated heterocycles. The van der Waals surface area contributed by atoms with Crippen molar-refractivity contribution >= 4 is 16.5 Å². The standard InChI is InChI=1S/C11H6N2O/c12-7-8-1-2-10-6-11(13-14)4-3-9(10)5-8/h1-6H. The van der Waals surface area contributed by atoms with E-state index in [0.717, 1.165) is 10.8 Å². The fourth-order valence-electron chi connectivity index (χ4n) is 1.36. The first-order valence-electron chi connectivity index (χ1n) is 4.11. The fourth-order valence-corrected chi connectivity index (χ4v) is 1.36. The van der Waals surface area contributed by atoms with Gasteiger partial charge < -0.3 is 0 Å². The smallest absolute Gasteiger partial charge is 0.108 e. The van der Waals surface area contributed by atoms with E-state index >= 15 is 0 Å². The summed E-state index contributed by atoms with van der Waals surface area (Å²) in [5.41, 5.74) is 1.02. The summed E-state index contributed by atoms with van der Waals surface area (Å²) in [6.07, 6.45) is 0. The van der Waals surface area contributed by atoms with E-state index in [4.69, 9.17) is 5.26 Å². The van der Waals surface area contributed by atoms with Crippen LogP contribution in [0.4, 0.5) is 5.69 Å². The average molecular weight is 182 g/mol. The molecule has 0 aromatic heterocycles. The van der Waals surface area contributed by atoms with E-state index in [0.29, 0.717) is 11.3 Å². The Hall–Kier alpha value is -2.21. The van der Waals surface area contributed by atoms with Gasteiger partial charge in [0.25, 0.3) is 0 Å². The zero-order valence-electron chi connectivity index (χ0n) is 7.27. The maximum Gasteiger partial charge on any atom is 0.108 e. The highest BCUT2D eigenvalue weighted by molar-refractivity contribution is 5.86. The third kappa shape index (κ3) is 1.34. The molecule has 0 bridgehead atoms. The minimum Gasteiger partial charge on any atom is -0.192 e. The minimum absolute atomic E-state index is 0.405. The number of nitriles is 1. The molecule has 0 unspecified atom stereocenters. The molecule has 3 nitrogen and oxygen atoms in total. The van der Waals surface area contributed by atoms with Gasteiger partial charge in [0.15, 0.2) is 0 Å². The van der Waals surface area contributed by atoms with Crippen molar-refractivity contribution in [3.05, 3.63) is 46.9 Å². The summed E-state index contributed by atoms with van der Waals surface area (Å²) in [5.74, 6) is 0. The van der Waals surface area contributed by atoms with Crippen LogP contribution in [0.15, 0.2) is 41.6 Å². The van der Waals surface area contributed by atoms with Crippen LogP contribution in [0.2, 0.25) is 0 Å². The van der Waals surface area contributed by atoms with Gasteiger partial charge in [0, 0.05) is 0 Å². The zero-order chi connectivity index (χ0) is 9.97. The van der Waals surface area contributed by atoms with Crippen molar-refractivity contribution in [3.63, 3.8) is 0 Å². The summed E-state index contributed by atoms with van der Waals surface area (Å²) in [5, 5.41) is 13.4. The zero-order valence-corrected chi connectivity index (χ0v) is 7.27. The van der Waals surface area contributed by atoms with Gasteiger partial charge in [0.05, 0.1) is 11.6 Å². The van der Waals surface area contributed by atoms with Crippen LogP contribution in [0.1, 0.15) is 5.56 Å². The lowest BCUT2D eigenvalue weighted by Crippen LogP contribution is -1.75. The van der Waals surface area contributed by atoms with E-state index in [1.165, 1.54) is 0 Å². The van der Waals surface area contributed by atoms with Crippen LogP contribution in [0.5, 0.6) is 0 Å². The Kier molecular flexibility index (Phi) is 1.96. The van der Waals surface area contributed by atoms with E-state index < -0.39 is 0 Å². The second-order valence-electron chi connectivity index (χ2n) is 2.95. The number of hydrogen-bond donors (Lipinski definition) is 0. The van der Waals surface area contributed by atoms with Crippen LogP contribution in [-0.2, 0) is 0 Å². The van der Waals surface area contributed by atoms with Crippen molar-refractivity contribution in [3.8, 4) is 6.07 Å². The third-order valence-corrected chi connectivity index (χ3v) is 2.06. The molecule has 0 radical (unpaired) electrons. The number of fused-ring (bicyclic) bond motifs is 1. The minimum atomic E-state index is 0.405. The monoisotopic (exact) mass is 182 g/mol. The molecule has 0 saturated carbocycles. The number of nitroso groups, excluding NO2 is 1. The van der Waals surface area contributed by atoms with Crippen LogP contribution in [-0.4, -0.2) is 0 Å². The van der Waals surface area contributed by atoms with Crippen molar-refractivity contribution in [2.45, 2.75) is 0 Å². The van der Waals surface area contributed by atoms with Gasteiger partial charge >= 0.3 is 0 Å². The molecular formula is C11H6N2O. The first-order valence-corrected chi connectivity index (χ1v) is 4.11. The maximum absolute atomic E-state index is 10.3. The van der Waals surface area contributed by atoms with E-state index in [1.54, 1.807) is 30.3 Å². The maximum atomic E-state index is 10.3. The Labute approximate surface area is 80.6 Å². The van der Waals surface area contributed by atoms with Crippen molar-refractivity contribution in [1.29, 1.82) is 5.26 Å². The van der Waals surface area contributed by atoms with E-state index in [1.807, 2.05) is 6.07 Å². The topological polar surface area (TPSA) is 53.2 Å². The lowest BCUT2D eigenvalue weighted by atomic mass is 10.1. The molecule has 0 heterocycles. The van der Waals surface area contributed by atoms with Gasteiger partial charge in [0.1, 0.15) is 5.69 Å². The fraction of sp³-hybridized carbons (Fsp3) is 0. The predicted molar refractivity (Wildman–Crippen MR) is 54.1 cm³/mol. The summed E-state index contributed by atoms with van der Waals surface area (Å²) >= 11 is 0. The summed E-state index contributed by atoms with van der Waals surface area (Å²) in [4.78, 5) is 10.3. The second kappa shape index (κ2) is 3.27. The lowest BCUT2D eigenvalue weighted by Gasteiger charge is -1.97. The van der Waals surface area contributed by atoms with Crippen LogP contribution in [0.3, 0.4) is 0 Å². The quantitative estimate of drug-likeness (QED) is 0.636. The van der Waals surface area contributed by atoms with Crippen molar-refractivity contribution < 1.29 is 0 Å². The van der Waals surface area contributed by atoms with Crippen LogP contribution >= 0.6 is 0 Å². The lowest BCUT2D eigenvalue weighted by molar-refractivity contribution is 1.49. The van der Waals surface area contributed by atoms with Gasteiger partial charge in [-0.25, -0.2) is 0 Å². The van der Waals surface area contributed by atoms with Gasteiger partial charge in [0.2, 0.25) is 0 Å². The largest absolute Gasteiger partial charge is 0.192 e. The number of rotatable bonds is 1. The molecule has 2 rings (SSSR count). The Balaban J connectivity index is 2.70. The van der Waals surface area contributed by atoms with Crippen LogP contribution < -0.4 is 0 Å². The van der Waals surface area contributed by atoms with Gasteiger partial charge in [-0.3, -0.25) is 0 Å².